The number of nitrogens with one attached hydrogen (secondary N) is 3. The molecule has 1 atom stereocenters. The SMILES string of the molecule is CCC(C)(C)CNC(=O)N[C@@H](Cc1cnc[nH]1)C(=O)O. The van der Waals surface area contributed by atoms with E-state index in [2.05, 4.69) is 20.6 Å². The summed E-state index contributed by atoms with van der Waals surface area (Å²) in [6.45, 7) is 6.60. The number of carboxylic acid groups (broad SMARTS) is 1. The molecule has 4 N–H and O–H groups in total. The van der Waals surface area contributed by atoms with Gasteiger partial charge < -0.3 is 20.7 Å². The summed E-state index contributed by atoms with van der Waals surface area (Å²) in [7, 11) is 0. The van der Waals surface area contributed by atoms with Crippen LogP contribution < -0.4 is 10.6 Å². The Bertz CT molecular complexity index is 442. The summed E-state index contributed by atoms with van der Waals surface area (Å²) in [5, 5.41) is 14.3. The number of amides is 2. The Labute approximate surface area is 118 Å². The summed E-state index contributed by atoms with van der Waals surface area (Å²) >= 11 is 0. The molecule has 1 heterocycles. The van der Waals surface area contributed by atoms with Crippen molar-refractivity contribution < 1.29 is 14.7 Å². The van der Waals surface area contributed by atoms with Crippen LogP contribution in [0, 0.1) is 5.41 Å². The zero-order valence-electron chi connectivity index (χ0n) is 12.1. The molecule has 0 spiro atoms. The molecule has 0 saturated heterocycles. The normalized spacial score (nSPS) is 12.8. The van der Waals surface area contributed by atoms with Gasteiger partial charge in [0, 0.05) is 24.9 Å². The number of carboxylic acids is 1. The van der Waals surface area contributed by atoms with Crippen molar-refractivity contribution in [3.05, 3.63) is 18.2 Å². The Morgan fingerprint density at radius 2 is 2.20 bits per heavy atom. The molecule has 7 heteroatoms. The number of H-pyrrole nitrogens is 1. The zero-order chi connectivity index (χ0) is 15.2. The predicted octanol–water partition coefficient (Wildman–Crippen LogP) is 1.14. The molecule has 0 saturated carbocycles. The average molecular weight is 282 g/mol. The Kier molecular flexibility index (Phi) is 5.54. The molecule has 0 aliphatic heterocycles. The number of aliphatic carboxylic acids is 1. The Hall–Kier alpha value is -2.05. The van der Waals surface area contributed by atoms with Crippen LogP contribution >= 0.6 is 0 Å². The first-order chi connectivity index (χ1) is 9.34. The fraction of sp³-hybridized carbons (Fsp3) is 0.615. The van der Waals surface area contributed by atoms with Gasteiger partial charge in [0.25, 0.3) is 0 Å². The van der Waals surface area contributed by atoms with Gasteiger partial charge in [0.15, 0.2) is 0 Å². The molecule has 0 unspecified atom stereocenters. The topological polar surface area (TPSA) is 107 Å². The van der Waals surface area contributed by atoms with Crippen LogP contribution in [0.5, 0.6) is 0 Å². The molecule has 2 amide bonds. The third-order valence-electron chi connectivity index (χ3n) is 3.27. The van der Waals surface area contributed by atoms with E-state index >= 15 is 0 Å². The van der Waals surface area contributed by atoms with Crippen LogP contribution in [0.15, 0.2) is 12.5 Å². The number of hydrogen-bond donors (Lipinski definition) is 4. The monoisotopic (exact) mass is 282 g/mol. The molecule has 0 aliphatic carbocycles. The van der Waals surface area contributed by atoms with Crippen LogP contribution in [0.1, 0.15) is 32.9 Å². The van der Waals surface area contributed by atoms with Crippen LogP contribution in [0.25, 0.3) is 0 Å². The van der Waals surface area contributed by atoms with Crippen molar-refractivity contribution in [2.75, 3.05) is 6.54 Å². The summed E-state index contributed by atoms with van der Waals surface area (Å²) in [5.74, 6) is -1.08. The van der Waals surface area contributed by atoms with Crippen LogP contribution in [0.4, 0.5) is 4.79 Å². The molecule has 1 aromatic rings. The second kappa shape index (κ2) is 6.93. The highest BCUT2D eigenvalue weighted by molar-refractivity contribution is 5.82. The molecular weight excluding hydrogens is 260 g/mol. The molecular formula is C13H22N4O3. The number of hydrogen-bond acceptors (Lipinski definition) is 3. The zero-order valence-corrected chi connectivity index (χ0v) is 12.1. The molecule has 112 valence electrons. The summed E-state index contributed by atoms with van der Waals surface area (Å²) in [6.07, 6.45) is 4.09. The minimum Gasteiger partial charge on any atom is -0.480 e. The fourth-order valence-electron chi connectivity index (χ4n) is 1.47. The van der Waals surface area contributed by atoms with Crippen molar-refractivity contribution in [3.8, 4) is 0 Å². The van der Waals surface area contributed by atoms with E-state index in [0.717, 1.165) is 6.42 Å². The Morgan fingerprint density at radius 3 is 2.70 bits per heavy atom. The van der Waals surface area contributed by atoms with Gasteiger partial charge in [-0.15, -0.1) is 0 Å². The van der Waals surface area contributed by atoms with Crippen LogP contribution in [-0.2, 0) is 11.2 Å². The summed E-state index contributed by atoms with van der Waals surface area (Å²) in [5.41, 5.74) is 0.644. The molecule has 0 fully saturated rings. The minimum atomic E-state index is -1.08. The van der Waals surface area contributed by atoms with E-state index in [1.807, 2.05) is 20.8 Å². The maximum atomic E-state index is 11.7. The van der Waals surface area contributed by atoms with E-state index in [1.165, 1.54) is 12.5 Å². The predicted molar refractivity (Wildman–Crippen MR) is 74.3 cm³/mol. The molecule has 0 bridgehead atoms. The first-order valence-corrected chi connectivity index (χ1v) is 6.58. The number of nitrogens with zero attached hydrogens (tertiary/aromatic N) is 1. The fourth-order valence-corrected chi connectivity index (χ4v) is 1.47. The maximum Gasteiger partial charge on any atom is 0.326 e. The van der Waals surface area contributed by atoms with Crippen molar-refractivity contribution in [1.82, 2.24) is 20.6 Å². The van der Waals surface area contributed by atoms with E-state index in [0.29, 0.717) is 12.2 Å². The highest BCUT2D eigenvalue weighted by Gasteiger charge is 2.22. The van der Waals surface area contributed by atoms with E-state index in [-0.39, 0.29) is 11.8 Å². The number of rotatable bonds is 7. The van der Waals surface area contributed by atoms with Gasteiger partial charge in [0.2, 0.25) is 0 Å². The molecule has 7 nitrogen and oxygen atoms in total. The van der Waals surface area contributed by atoms with Gasteiger partial charge in [0.05, 0.1) is 6.33 Å². The van der Waals surface area contributed by atoms with Crippen LogP contribution in [-0.4, -0.2) is 39.7 Å². The largest absolute Gasteiger partial charge is 0.480 e. The lowest BCUT2D eigenvalue weighted by atomic mass is 9.90. The number of aromatic amines is 1. The third-order valence-corrected chi connectivity index (χ3v) is 3.27. The highest BCUT2D eigenvalue weighted by atomic mass is 16.4. The van der Waals surface area contributed by atoms with Crippen LogP contribution in [0.2, 0.25) is 0 Å². The summed E-state index contributed by atoms with van der Waals surface area (Å²) in [4.78, 5) is 29.5. The standard InChI is InChI=1S/C13H22N4O3/c1-4-13(2,3)7-15-12(20)17-10(11(18)19)5-9-6-14-8-16-9/h6,8,10H,4-5,7H2,1-3H3,(H,14,16)(H,18,19)(H2,15,17,20)/t10-/m0/s1. The van der Waals surface area contributed by atoms with Crippen molar-refractivity contribution in [3.63, 3.8) is 0 Å². The van der Waals surface area contributed by atoms with Gasteiger partial charge in [-0.05, 0) is 11.8 Å². The number of urea groups is 1. The van der Waals surface area contributed by atoms with Crippen LogP contribution in [0.3, 0.4) is 0 Å². The lowest BCUT2D eigenvalue weighted by molar-refractivity contribution is -0.139. The van der Waals surface area contributed by atoms with E-state index < -0.39 is 18.0 Å². The number of aromatic nitrogens is 2. The van der Waals surface area contributed by atoms with Crippen molar-refractivity contribution >= 4 is 12.0 Å². The molecule has 0 radical (unpaired) electrons. The number of carbonyl (C=O) groups is 2. The number of imidazole rings is 1. The van der Waals surface area contributed by atoms with Gasteiger partial charge in [-0.25, -0.2) is 14.6 Å². The minimum absolute atomic E-state index is 0.0144. The third kappa shape index (κ3) is 5.29. The van der Waals surface area contributed by atoms with E-state index in [9.17, 15) is 9.59 Å². The van der Waals surface area contributed by atoms with E-state index in [4.69, 9.17) is 5.11 Å². The van der Waals surface area contributed by atoms with Gasteiger partial charge in [-0.1, -0.05) is 20.8 Å². The first-order valence-electron chi connectivity index (χ1n) is 6.58. The van der Waals surface area contributed by atoms with Crippen molar-refractivity contribution in [2.45, 2.75) is 39.7 Å². The Morgan fingerprint density at radius 1 is 1.50 bits per heavy atom. The molecule has 1 rings (SSSR count). The second-order valence-corrected chi connectivity index (χ2v) is 5.52. The van der Waals surface area contributed by atoms with Crippen molar-refractivity contribution in [1.29, 1.82) is 0 Å². The average Bonchev–Trinajstić information content (AvgIpc) is 2.88. The smallest absolute Gasteiger partial charge is 0.326 e. The summed E-state index contributed by atoms with van der Waals surface area (Å²) < 4.78 is 0. The van der Waals surface area contributed by atoms with E-state index in [1.54, 1.807) is 0 Å². The quantitative estimate of drug-likeness (QED) is 0.601. The second-order valence-electron chi connectivity index (χ2n) is 5.52. The first kappa shape index (κ1) is 16.0. The van der Waals surface area contributed by atoms with Gasteiger partial charge in [-0.3, -0.25) is 0 Å². The summed E-state index contributed by atoms with van der Waals surface area (Å²) in [6, 6.07) is -1.46. The van der Waals surface area contributed by atoms with Crippen molar-refractivity contribution in [2.24, 2.45) is 5.41 Å². The van der Waals surface area contributed by atoms with Gasteiger partial charge in [-0.2, -0.15) is 0 Å². The molecule has 1 aromatic heterocycles. The van der Waals surface area contributed by atoms with Gasteiger partial charge >= 0.3 is 12.0 Å². The lowest BCUT2D eigenvalue weighted by Crippen LogP contribution is -2.48. The molecule has 0 aromatic carbocycles. The molecule has 0 aliphatic rings. The highest BCUT2D eigenvalue weighted by Crippen LogP contribution is 2.17. The molecule has 20 heavy (non-hydrogen) atoms. The van der Waals surface area contributed by atoms with Gasteiger partial charge in [0.1, 0.15) is 6.04 Å². The lowest BCUT2D eigenvalue weighted by Gasteiger charge is -2.23. The Balaban J connectivity index is 2.49. The number of carbonyl (C=O) groups excluding carboxylic acids is 1. The maximum absolute atomic E-state index is 11.7.